The van der Waals surface area contributed by atoms with Gasteiger partial charge in [0.05, 0.1) is 4.90 Å². The van der Waals surface area contributed by atoms with Gasteiger partial charge in [-0.05, 0) is 49.7 Å². The third-order valence-electron chi connectivity index (χ3n) is 5.16. The molecule has 2 fully saturated rings. The van der Waals surface area contributed by atoms with Crippen LogP contribution in [0.2, 0.25) is 0 Å². The summed E-state index contributed by atoms with van der Waals surface area (Å²) in [4.78, 5) is 0.474. The summed E-state index contributed by atoms with van der Waals surface area (Å²) in [6.45, 7) is 3.25. The third kappa shape index (κ3) is 2.40. The van der Waals surface area contributed by atoms with E-state index in [-0.39, 0.29) is 0 Å². The van der Waals surface area contributed by atoms with E-state index in [9.17, 15) is 8.42 Å². The molecule has 110 valence electrons. The van der Waals surface area contributed by atoms with E-state index in [1.165, 1.54) is 25.7 Å². The number of aryl methyl sites for hydroxylation is 1. The van der Waals surface area contributed by atoms with Crippen LogP contribution in [0.15, 0.2) is 29.2 Å². The second-order valence-corrected chi connectivity index (χ2v) is 8.28. The van der Waals surface area contributed by atoms with Crippen LogP contribution >= 0.6 is 0 Å². The Morgan fingerprint density at radius 1 is 1.00 bits per heavy atom. The second-order valence-electron chi connectivity index (χ2n) is 6.38. The van der Waals surface area contributed by atoms with Crippen molar-refractivity contribution < 1.29 is 8.42 Å². The Bertz CT molecular complexity index is 578. The number of benzene rings is 1. The molecule has 0 unspecified atom stereocenters. The van der Waals surface area contributed by atoms with Gasteiger partial charge in [0.15, 0.2) is 0 Å². The maximum atomic E-state index is 12.7. The van der Waals surface area contributed by atoms with Crippen LogP contribution in [0.1, 0.15) is 44.1 Å². The molecule has 0 amide bonds. The predicted octanol–water partition coefficient (Wildman–Crippen LogP) is 3.34. The minimum absolute atomic E-state index is 0.456. The third-order valence-corrected chi connectivity index (χ3v) is 7.22. The first-order valence-electron chi connectivity index (χ1n) is 7.59. The van der Waals surface area contributed by atoms with Crippen LogP contribution < -0.4 is 0 Å². The van der Waals surface area contributed by atoms with Crippen LogP contribution in [0.4, 0.5) is 0 Å². The van der Waals surface area contributed by atoms with Crippen LogP contribution in [0.3, 0.4) is 0 Å². The number of rotatable bonds is 2. The van der Waals surface area contributed by atoms with Gasteiger partial charge >= 0.3 is 0 Å². The van der Waals surface area contributed by atoms with Gasteiger partial charge in [0.2, 0.25) is 10.0 Å². The summed E-state index contributed by atoms with van der Waals surface area (Å²) < 4.78 is 27.2. The number of sulfonamides is 1. The summed E-state index contributed by atoms with van der Waals surface area (Å²) in [5.74, 6) is 0. The van der Waals surface area contributed by atoms with Crippen LogP contribution in [0, 0.1) is 12.3 Å². The lowest BCUT2D eigenvalue weighted by Gasteiger charge is -2.38. The van der Waals surface area contributed by atoms with E-state index in [1.54, 1.807) is 10.4 Å². The topological polar surface area (TPSA) is 37.4 Å². The Balaban J connectivity index is 1.79. The van der Waals surface area contributed by atoms with E-state index in [1.807, 2.05) is 25.1 Å². The molecule has 1 heterocycles. The molecule has 3 rings (SSSR count). The Morgan fingerprint density at radius 2 is 1.60 bits per heavy atom. The van der Waals surface area contributed by atoms with Crippen molar-refractivity contribution in [3.63, 3.8) is 0 Å². The van der Waals surface area contributed by atoms with Gasteiger partial charge in [0.25, 0.3) is 0 Å². The Labute approximate surface area is 122 Å². The summed E-state index contributed by atoms with van der Waals surface area (Å²) in [6, 6.07) is 7.29. The fraction of sp³-hybridized carbons (Fsp3) is 0.625. The lowest BCUT2D eigenvalue weighted by molar-refractivity contribution is 0.160. The van der Waals surface area contributed by atoms with Crippen LogP contribution in [-0.4, -0.2) is 25.8 Å². The van der Waals surface area contributed by atoms with E-state index in [4.69, 9.17) is 0 Å². The fourth-order valence-corrected chi connectivity index (χ4v) is 5.48. The van der Waals surface area contributed by atoms with Gasteiger partial charge < -0.3 is 0 Å². The zero-order valence-corrected chi connectivity index (χ0v) is 13.0. The molecule has 1 aromatic carbocycles. The summed E-state index contributed by atoms with van der Waals surface area (Å²) in [6.07, 6.45) is 7.32. The molecule has 1 spiro atoms. The smallest absolute Gasteiger partial charge is 0.207 e. The quantitative estimate of drug-likeness (QED) is 0.838. The Morgan fingerprint density at radius 3 is 2.20 bits per heavy atom. The molecule has 0 aromatic heterocycles. The zero-order chi connectivity index (χ0) is 14.2. The monoisotopic (exact) mass is 293 g/mol. The van der Waals surface area contributed by atoms with Crippen molar-refractivity contribution in [3.8, 4) is 0 Å². The van der Waals surface area contributed by atoms with Gasteiger partial charge in [0, 0.05) is 13.1 Å². The molecule has 1 saturated carbocycles. The summed E-state index contributed by atoms with van der Waals surface area (Å²) in [5.41, 5.74) is 1.30. The molecular weight excluding hydrogens is 270 g/mol. The molecule has 0 bridgehead atoms. The van der Waals surface area contributed by atoms with E-state index in [2.05, 4.69) is 0 Å². The maximum Gasteiger partial charge on any atom is 0.243 e. The molecule has 3 nitrogen and oxygen atoms in total. The summed E-state index contributed by atoms with van der Waals surface area (Å²) in [5, 5.41) is 0. The first kappa shape index (κ1) is 14.1. The number of hydrogen-bond donors (Lipinski definition) is 0. The normalized spacial score (nSPS) is 23.2. The molecule has 20 heavy (non-hydrogen) atoms. The first-order valence-corrected chi connectivity index (χ1v) is 9.03. The highest BCUT2D eigenvalue weighted by atomic mass is 32.2. The van der Waals surface area contributed by atoms with E-state index in [0.717, 1.165) is 18.4 Å². The molecule has 0 atom stereocenters. The Kier molecular flexibility index (Phi) is 3.63. The lowest BCUT2D eigenvalue weighted by Crippen LogP contribution is -2.42. The highest BCUT2D eigenvalue weighted by Gasteiger charge is 2.40. The van der Waals surface area contributed by atoms with Gasteiger partial charge in [-0.3, -0.25) is 0 Å². The van der Waals surface area contributed by atoms with Crippen molar-refractivity contribution in [1.29, 1.82) is 0 Å². The molecule has 1 saturated heterocycles. The summed E-state index contributed by atoms with van der Waals surface area (Å²) >= 11 is 0. The highest BCUT2D eigenvalue weighted by Crippen LogP contribution is 2.46. The second kappa shape index (κ2) is 5.15. The number of nitrogens with zero attached hydrogens (tertiary/aromatic N) is 1. The molecule has 1 aliphatic heterocycles. The first-order chi connectivity index (χ1) is 9.54. The van der Waals surface area contributed by atoms with Crippen molar-refractivity contribution in [2.24, 2.45) is 5.41 Å². The van der Waals surface area contributed by atoms with E-state index < -0.39 is 10.0 Å². The van der Waals surface area contributed by atoms with Crippen molar-refractivity contribution in [2.75, 3.05) is 13.1 Å². The number of hydrogen-bond acceptors (Lipinski definition) is 2. The van der Waals surface area contributed by atoms with Gasteiger partial charge in [-0.15, -0.1) is 0 Å². The predicted molar refractivity (Wildman–Crippen MR) is 80.1 cm³/mol. The zero-order valence-electron chi connectivity index (χ0n) is 12.1. The van der Waals surface area contributed by atoms with Crippen LogP contribution in [-0.2, 0) is 10.0 Å². The average Bonchev–Trinajstić information content (AvgIpc) is 2.88. The average molecular weight is 293 g/mol. The molecule has 1 aromatic rings. The lowest BCUT2D eigenvalue weighted by atomic mass is 9.78. The minimum Gasteiger partial charge on any atom is -0.207 e. The van der Waals surface area contributed by atoms with Crippen LogP contribution in [0.5, 0.6) is 0 Å². The standard InChI is InChI=1S/C16H23NO2S/c1-14-6-2-3-7-15(14)20(18,19)17-12-10-16(11-13-17)8-4-5-9-16/h2-3,6-7H,4-5,8-13H2,1H3. The minimum atomic E-state index is -3.31. The molecule has 4 heteroatoms. The van der Waals surface area contributed by atoms with Gasteiger partial charge in [0.1, 0.15) is 0 Å². The van der Waals surface area contributed by atoms with E-state index >= 15 is 0 Å². The maximum absolute atomic E-state index is 12.7. The van der Waals surface area contributed by atoms with Gasteiger partial charge in [-0.25, -0.2) is 8.42 Å². The molecular formula is C16H23NO2S. The van der Waals surface area contributed by atoms with Gasteiger partial charge in [-0.1, -0.05) is 31.0 Å². The largest absolute Gasteiger partial charge is 0.243 e. The number of piperidine rings is 1. The van der Waals surface area contributed by atoms with Gasteiger partial charge in [-0.2, -0.15) is 4.31 Å². The van der Waals surface area contributed by atoms with E-state index in [0.29, 0.717) is 23.4 Å². The highest BCUT2D eigenvalue weighted by molar-refractivity contribution is 7.89. The molecule has 1 aliphatic carbocycles. The molecule has 2 aliphatic rings. The molecule has 0 N–H and O–H groups in total. The van der Waals surface area contributed by atoms with Crippen molar-refractivity contribution in [3.05, 3.63) is 29.8 Å². The van der Waals surface area contributed by atoms with Crippen molar-refractivity contribution >= 4 is 10.0 Å². The SMILES string of the molecule is Cc1ccccc1S(=O)(=O)N1CCC2(CCCC2)CC1. The van der Waals surface area contributed by atoms with Crippen LogP contribution in [0.25, 0.3) is 0 Å². The Hall–Kier alpha value is -0.870. The fourth-order valence-electron chi connectivity index (χ4n) is 3.81. The van der Waals surface area contributed by atoms with Crippen molar-refractivity contribution in [1.82, 2.24) is 4.31 Å². The summed E-state index contributed by atoms with van der Waals surface area (Å²) in [7, 11) is -3.31. The van der Waals surface area contributed by atoms with Crippen molar-refractivity contribution in [2.45, 2.75) is 50.3 Å². The molecule has 0 radical (unpaired) electrons.